The van der Waals surface area contributed by atoms with Gasteiger partial charge >= 0.3 is 0 Å². The van der Waals surface area contributed by atoms with E-state index in [1.807, 2.05) is 0 Å². The summed E-state index contributed by atoms with van der Waals surface area (Å²) in [5.41, 5.74) is -0.391. The second kappa shape index (κ2) is 5.25. The molecule has 100 valence electrons. The maximum absolute atomic E-state index is 10.3. The third-order valence-corrected chi connectivity index (χ3v) is 3.89. The van der Waals surface area contributed by atoms with Gasteiger partial charge < -0.3 is 14.6 Å². The number of hydrogen-bond donors (Lipinski definition) is 1. The Morgan fingerprint density at radius 2 is 2.18 bits per heavy atom. The highest BCUT2D eigenvalue weighted by molar-refractivity contribution is 5.04. The van der Waals surface area contributed by atoms with Crippen LogP contribution in [0.5, 0.6) is 0 Å². The van der Waals surface area contributed by atoms with Crippen molar-refractivity contribution >= 4 is 0 Å². The van der Waals surface area contributed by atoms with E-state index in [4.69, 9.17) is 9.47 Å². The van der Waals surface area contributed by atoms with Crippen LogP contribution in [-0.4, -0.2) is 36.1 Å². The first-order chi connectivity index (χ1) is 7.99. The van der Waals surface area contributed by atoms with Gasteiger partial charge in [0.1, 0.15) is 0 Å². The summed E-state index contributed by atoms with van der Waals surface area (Å²) in [6, 6.07) is 0. The highest BCUT2D eigenvalue weighted by atomic mass is 16.5. The Morgan fingerprint density at radius 1 is 1.41 bits per heavy atom. The molecule has 1 aliphatic carbocycles. The Bertz CT molecular complexity index is 248. The molecule has 1 aliphatic heterocycles. The molecule has 0 amide bonds. The fraction of sp³-hybridized carbons (Fsp3) is 1.00. The lowest BCUT2D eigenvalue weighted by Crippen LogP contribution is -2.22. The molecule has 3 nitrogen and oxygen atoms in total. The van der Waals surface area contributed by atoms with E-state index in [-0.39, 0.29) is 12.2 Å². The molecule has 0 aromatic rings. The van der Waals surface area contributed by atoms with Crippen LogP contribution in [0.1, 0.15) is 46.5 Å². The summed E-state index contributed by atoms with van der Waals surface area (Å²) >= 11 is 0. The molecule has 2 aliphatic rings. The van der Waals surface area contributed by atoms with Crippen LogP contribution in [0.15, 0.2) is 0 Å². The molecule has 0 radical (unpaired) electrons. The number of rotatable bonds is 6. The van der Waals surface area contributed by atoms with Gasteiger partial charge in [0.15, 0.2) is 0 Å². The molecule has 4 unspecified atom stereocenters. The van der Waals surface area contributed by atoms with Gasteiger partial charge in [-0.25, -0.2) is 0 Å². The van der Waals surface area contributed by atoms with Crippen molar-refractivity contribution in [2.24, 2.45) is 11.8 Å². The van der Waals surface area contributed by atoms with Gasteiger partial charge in [0, 0.05) is 6.61 Å². The fourth-order valence-corrected chi connectivity index (χ4v) is 3.03. The van der Waals surface area contributed by atoms with Gasteiger partial charge in [0.25, 0.3) is 0 Å². The Morgan fingerprint density at radius 3 is 2.76 bits per heavy atom. The SMILES string of the molecule is CC(C)CC1(O)CC1CC(C)OC1CCOC1. The van der Waals surface area contributed by atoms with Gasteiger partial charge in [-0.15, -0.1) is 0 Å². The van der Waals surface area contributed by atoms with E-state index in [0.717, 1.165) is 38.9 Å². The Balaban J connectivity index is 1.68. The average Bonchev–Trinajstić information content (AvgIpc) is 2.63. The lowest BCUT2D eigenvalue weighted by Gasteiger charge is -2.19. The summed E-state index contributed by atoms with van der Waals surface area (Å²) < 4.78 is 11.2. The molecule has 0 spiro atoms. The van der Waals surface area contributed by atoms with Crippen molar-refractivity contribution in [1.29, 1.82) is 0 Å². The largest absolute Gasteiger partial charge is 0.390 e. The summed E-state index contributed by atoms with van der Waals surface area (Å²) in [5, 5.41) is 10.3. The smallest absolute Gasteiger partial charge is 0.0834 e. The molecule has 0 aromatic heterocycles. The third-order valence-electron chi connectivity index (χ3n) is 3.89. The molecule has 2 rings (SSSR count). The zero-order chi connectivity index (χ0) is 12.5. The molecule has 3 heteroatoms. The summed E-state index contributed by atoms with van der Waals surface area (Å²) in [7, 11) is 0. The fourth-order valence-electron chi connectivity index (χ4n) is 3.03. The van der Waals surface area contributed by atoms with Crippen LogP contribution in [0.4, 0.5) is 0 Å². The highest BCUT2D eigenvalue weighted by Gasteiger charge is 2.52. The molecular weight excluding hydrogens is 216 g/mol. The second-order valence-electron chi connectivity index (χ2n) is 6.27. The van der Waals surface area contributed by atoms with Crippen LogP contribution in [0.2, 0.25) is 0 Å². The van der Waals surface area contributed by atoms with Gasteiger partial charge in [0.05, 0.1) is 24.4 Å². The van der Waals surface area contributed by atoms with Crippen LogP contribution in [0, 0.1) is 11.8 Å². The summed E-state index contributed by atoms with van der Waals surface area (Å²) in [6.07, 6.45) is 4.41. The standard InChI is InChI=1S/C14H26O3/c1-10(2)7-14(15)8-12(14)6-11(3)17-13-4-5-16-9-13/h10-13,15H,4-9H2,1-3H3. The predicted octanol–water partition coefficient (Wildman–Crippen LogP) is 2.37. The van der Waals surface area contributed by atoms with E-state index in [1.54, 1.807) is 0 Å². The summed E-state index contributed by atoms with van der Waals surface area (Å²) in [4.78, 5) is 0. The minimum absolute atomic E-state index is 0.243. The van der Waals surface area contributed by atoms with Crippen molar-refractivity contribution in [3.63, 3.8) is 0 Å². The monoisotopic (exact) mass is 242 g/mol. The normalized spacial score (nSPS) is 38.6. The number of aliphatic hydroxyl groups is 1. The molecule has 0 aromatic carbocycles. The highest BCUT2D eigenvalue weighted by Crippen LogP contribution is 2.50. The van der Waals surface area contributed by atoms with Gasteiger partial charge in [-0.1, -0.05) is 13.8 Å². The van der Waals surface area contributed by atoms with Crippen molar-refractivity contribution in [2.75, 3.05) is 13.2 Å². The van der Waals surface area contributed by atoms with E-state index < -0.39 is 5.60 Å². The maximum Gasteiger partial charge on any atom is 0.0834 e. The molecule has 2 fully saturated rings. The minimum atomic E-state index is -0.391. The summed E-state index contributed by atoms with van der Waals surface area (Å²) in [6.45, 7) is 8.03. The lowest BCUT2D eigenvalue weighted by molar-refractivity contribution is -0.0181. The molecule has 17 heavy (non-hydrogen) atoms. The van der Waals surface area contributed by atoms with Gasteiger partial charge in [-0.3, -0.25) is 0 Å². The summed E-state index contributed by atoms with van der Waals surface area (Å²) in [5.74, 6) is 1.02. The van der Waals surface area contributed by atoms with E-state index >= 15 is 0 Å². The number of ether oxygens (including phenoxy) is 2. The van der Waals surface area contributed by atoms with E-state index in [9.17, 15) is 5.11 Å². The molecule has 4 atom stereocenters. The molecule has 0 bridgehead atoms. The van der Waals surface area contributed by atoms with Crippen molar-refractivity contribution in [2.45, 2.75) is 64.3 Å². The van der Waals surface area contributed by atoms with E-state index in [2.05, 4.69) is 20.8 Å². The first kappa shape index (κ1) is 13.3. The first-order valence-corrected chi connectivity index (χ1v) is 6.95. The first-order valence-electron chi connectivity index (χ1n) is 6.95. The number of hydrogen-bond acceptors (Lipinski definition) is 3. The van der Waals surface area contributed by atoms with Crippen LogP contribution in [0.3, 0.4) is 0 Å². The van der Waals surface area contributed by atoms with Crippen LogP contribution >= 0.6 is 0 Å². The zero-order valence-electron chi connectivity index (χ0n) is 11.3. The van der Waals surface area contributed by atoms with Crippen molar-refractivity contribution in [3.8, 4) is 0 Å². The average molecular weight is 242 g/mol. The molecular formula is C14H26O3. The topological polar surface area (TPSA) is 38.7 Å². The van der Waals surface area contributed by atoms with Gasteiger partial charge in [-0.2, -0.15) is 0 Å². The van der Waals surface area contributed by atoms with E-state index in [0.29, 0.717) is 11.8 Å². The van der Waals surface area contributed by atoms with Crippen molar-refractivity contribution < 1.29 is 14.6 Å². The van der Waals surface area contributed by atoms with Crippen LogP contribution in [0.25, 0.3) is 0 Å². The van der Waals surface area contributed by atoms with Crippen molar-refractivity contribution in [1.82, 2.24) is 0 Å². The molecule has 1 saturated carbocycles. The van der Waals surface area contributed by atoms with Crippen LogP contribution < -0.4 is 0 Å². The molecule has 1 saturated heterocycles. The Kier molecular flexibility index (Phi) is 4.11. The minimum Gasteiger partial charge on any atom is -0.390 e. The van der Waals surface area contributed by atoms with Crippen LogP contribution in [-0.2, 0) is 9.47 Å². The lowest BCUT2D eigenvalue weighted by atomic mass is 10.0. The predicted molar refractivity (Wildman–Crippen MR) is 66.9 cm³/mol. The quantitative estimate of drug-likeness (QED) is 0.777. The zero-order valence-corrected chi connectivity index (χ0v) is 11.3. The van der Waals surface area contributed by atoms with Gasteiger partial charge in [-0.05, 0) is 44.4 Å². The second-order valence-corrected chi connectivity index (χ2v) is 6.27. The van der Waals surface area contributed by atoms with Crippen molar-refractivity contribution in [3.05, 3.63) is 0 Å². The Labute approximate surface area is 104 Å². The van der Waals surface area contributed by atoms with Gasteiger partial charge in [0.2, 0.25) is 0 Å². The Hall–Kier alpha value is -0.120. The molecule has 1 heterocycles. The van der Waals surface area contributed by atoms with E-state index in [1.165, 1.54) is 0 Å². The third kappa shape index (κ3) is 3.67. The maximum atomic E-state index is 10.3. The molecule has 1 N–H and O–H groups in total.